The molecule has 2 fully saturated rings. The summed E-state index contributed by atoms with van der Waals surface area (Å²) in [6, 6.07) is 8.96. The predicted molar refractivity (Wildman–Crippen MR) is 116 cm³/mol. The Morgan fingerprint density at radius 3 is 2.71 bits per heavy atom. The van der Waals surface area contributed by atoms with Crippen LogP contribution in [0.2, 0.25) is 0 Å². The molecule has 0 radical (unpaired) electrons. The Morgan fingerprint density at radius 2 is 1.96 bits per heavy atom. The number of nitrogens with two attached hydrogens (primary N) is 1. The zero-order chi connectivity index (χ0) is 19.6. The van der Waals surface area contributed by atoms with E-state index in [1.54, 1.807) is 0 Å². The summed E-state index contributed by atoms with van der Waals surface area (Å²) in [4.78, 5) is 9.50. The van der Waals surface area contributed by atoms with Gasteiger partial charge in [-0.25, -0.2) is 0 Å². The van der Waals surface area contributed by atoms with Crippen molar-refractivity contribution < 1.29 is 4.74 Å². The van der Waals surface area contributed by atoms with E-state index in [1.165, 1.54) is 50.9 Å². The van der Waals surface area contributed by atoms with Crippen LogP contribution in [0, 0.1) is 0 Å². The molecule has 156 valence electrons. The molecule has 0 aliphatic carbocycles. The molecule has 2 aliphatic heterocycles. The second-order valence-corrected chi connectivity index (χ2v) is 7.87. The van der Waals surface area contributed by atoms with Crippen molar-refractivity contribution >= 4 is 5.96 Å². The highest BCUT2D eigenvalue weighted by molar-refractivity contribution is 5.77. The SMILES string of the molecule is CCN1CCCC1CN=C(N)NCCc1ccc(OCCN2CCCC2)cc1. The fourth-order valence-electron chi connectivity index (χ4n) is 4.16. The van der Waals surface area contributed by atoms with Gasteiger partial charge < -0.3 is 15.8 Å². The van der Waals surface area contributed by atoms with E-state index in [9.17, 15) is 0 Å². The Balaban J connectivity index is 1.31. The molecule has 6 nitrogen and oxygen atoms in total. The van der Waals surface area contributed by atoms with E-state index in [2.05, 4.69) is 51.3 Å². The topological polar surface area (TPSA) is 66.1 Å². The van der Waals surface area contributed by atoms with Gasteiger partial charge in [0.2, 0.25) is 0 Å². The van der Waals surface area contributed by atoms with Gasteiger partial charge in [0.05, 0.1) is 6.54 Å². The van der Waals surface area contributed by atoms with Crippen molar-refractivity contribution in [3.8, 4) is 5.75 Å². The minimum absolute atomic E-state index is 0.559. The van der Waals surface area contributed by atoms with Crippen molar-refractivity contribution in [2.45, 2.75) is 45.1 Å². The highest BCUT2D eigenvalue weighted by atomic mass is 16.5. The molecule has 0 amide bonds. The van der Waals surface area contributed by atoms with Gasteiger partial charge >= 0.3 is 0 Å². The highest BCUT2D eigenvalue weighted by Gasteiger charge is 2.22. The molecule has 0 bridgehead atoms. The Labute approximate surface area is 170 Å². The number of nitrogens with one attached hydrogen (secondary N) is 1. The van der Waals surface area contributed by atoms with Gasteiger partial charge in [0.15, 0.2) is 5.96 Å². The molecule has 28 heavy (non-hydrogen) atoms. The van der Waals surface area contributed by atoms with Crippen LogP contribution in [0.25, 0.3) is 0 Å². The van der Waals surface area contributed by atoms with Gasteiger partial charge in [0.25, 0.3) is 0 Å². The summed E-state index contributed by atoms with van der Waals surface area (Å²) < 4.78 is 5.86. The van der Waals surface area contributed by atoms with Crippen LogP contribution in [0.4, 0.5) is 0 Å². The van der Waals surface area contributed by atoms with Gasteiger partial charge in [-0.3, -0.25) is 14.8 Å². The smallest absolute Gasteiger partial charge is 0.188 e. The molecule has 3 N–H and O–H groups in total. The van der Waals surface area contributed by atoms with E-state index in [0.717, 1.165) is 45.0 Å². The maximum Gasteiger partial charge on any atom is 0.188 e. The molecule has 2 heterocycles. The number of ether oxygens (including phenoxy) is 1. The molecule has 2 saturated heterocycles. The fraction of sp³-hybridized carbons (Fsp3) is 0.682. The number of hydrogen-bond acceptors (Lipinski definition) is 4. The van der Waals surface area contributed by atoms with Crippen LogP contribution >= 0.6 is 0 Å². The minimum atomic E-state index is 0.559. The van der Waals surface area contributed by atoms with E-state index in [0.29, 0.717) is 12.0 Å². The molecule has 2 aliphatic rings. The van der Waals surface area contributed by atoms with E-state index >= 15 is 0 Å². The molecule has 0 spiro atoms. The molecule has 6 heteroatoms. The van der Waals surface area contributed by atoms with Crippen molar-refractivity contribution in [2.24, 2.45) is 10.7 Å². The maximum absolute atomic E-state index is 6.03. The van der Waals surface area contributed by atoms with Gasteiger partial charge in [0, 0.05) is 19.1 Å². The van der Waals surface area contributed by atoms with Gasteiger partial charge in [-0.1, -0.05) is 19.1 Å². The van der Waals surface area contributed by atoms with Crippen LogP contribution in [-0.2, 0) is 6.42 Å². The molecule has 1 atom stereocenters. The number of likely N-dealkylation sites (tertiary alicyclic amines) is 2. The van der Waals surface area contributed by atoms with Crippen molar-refractivity contribution in [2.75, 3.05) is 52.4 Å². The predicted octanol–water partition coefficient (Wildman–Crippen LogP) is 2.09. The minimum Gasteiger partial charge on any atom is -0.492 e. The Bertz CT molecular complexity index is 597. The van der Waals surface area contributed by atoms with E-state index in [-0.39, 0.29) is 0 Å². The maximum atomic E-state index is 6.03. The van der Waals surface area contributed by atoms with E-state index < -0.39 is 0 Å². The summed E-state index contributed by atoms with van der Waals surface area (Å²) in [6.07, 6.45) is 6.09. The van der Waals surface area contributed by atoms with Crippen LogP contribution in [0.5, 0.6) is 5.75 Å². The lowest BCUT2D eigenvalue weighted by Gasteiger charge is -2.20. The molecule has 1 aromatic rings. The third kappa shape index (κ3) is 6.67. The number of likely N-dealkylation sites (N-methyl/N-ethyl adjacent to an activating group) is 1. The molecule has 0 saturated carbocycles. The molecule has 0 aromatic heterocycles. The number of nitrogens with zero attached hydrogens (tertiary/aromatic N) is 3. The summed E-state index contributed by atoms with van der Waals surface area (Å²) in [5.74, 6) is 1.51. The number of hydrogen-bond donors (Lipinski definition) is 2. The summed E-state index contributed by atoms with van der Waals surface area (Å²) >= 11 is 0. The largest absolute Gasteiger partial charge is 0.492 e. The summed E-state index contributed by atoms with van der Waals surface area (Å²) in [7, 11) is 0. The first-order valence-electron chi connectivity index (χ1n) is 11.0. The zero-order valence-electron chi connectivity index (χ0n) is 17.4. The summed E-state index contributed by atoms with van der Waals surface area (Å²) in [5, 5.41) is 3.24. The van der Waals surface area contributed by atoms with Crippen molar-refractivity contribution in [1.82, 2.24) is 15.1 Å². The molecule has 1 unspecified atom stereocenters. The number of guanidine groups is 1. The average molecular weight is 388 g/mol. The van der Waals surface area contributed by atoms with Crippen molar-refractivity contribution in [3.05, 3.63) is 29.8 Å². The molecule has 1 aromatic carbocycles. The third-order valence-corrected chi connectivity index (χ3v) is 5.90. The fourth-order valence-corrected chi connectivity index (χ4v) is 4.16. The second-order valence-electron chi connectivity index (χ2n) is 7.87. The first-order valence-corrected chi connectivity index (χ1v) is 11.0. The second kappa shape index (κ2) is 11.3. The van der Waals surface area contributed by atoms with E-state index in [4.69, 9.17) is 10.5 Å². The lowest BCUT2D eigenvalue weighted by atomic mass is 10.1. The van der Waals surface area contributed by atoms with Crippen LogP contribution in [0.3, 0.4) is 0 Å². The first-order chi connectivity index (χ1) is 13.7. The lowest BCUT2D eigenvalue weighted by molar-refractivity contribution is 0.238. The zero-order valence-corrected chi connectivity index (χ0v) is 17.4. The first kappa shape index (κ1) is 20.9. The van der Waals surface area contributed by atoms with Gasteiger partial charge in [0.1, 0.15) is 12.4 Å². The third-order valence-electron chi connectivity index (χ3n) is 5.90. The van der Waals surface area contributed by atoms with Crippen molar-refractivity contribution in [3.63, 3.8) is 0 Å². The monoisotopic (exact) mass is 387 g/mol. The van der Waals surface area contributed by atoms with Gasteiger partial charge in [-0.2, -0.15) is 0 Å². The number of benzene rings is 1. The molecular weight excluding hydrogens is 350 g/mol. The summed E-state index contributed by atoms with van der Waals surface area (Å²) in [5.41, 5.74) is 7.31. The number of rotatable bonds is 10. The van der Waals surface area contributed by atoms with Crippen LogP contribution in [0.15, 0.2) is 29.3 Å². The van der Waals surface area contributed by atoms with Crippen LogP contribution in [0.1, 0.15) is 38.2 Å². The van der Waals surface area contributed by atoms with Crippen LogP contribution < -0.4 is 15.8 Å². The standard InChI is InChI=1S/C22H37N5O/c1-2-27-15-5-6-20(27)18-25-22(23)24-12-11-19-7-9-21(10-8-19)28-17-16-26-13-3-4-14-26/h7-10,20H,2-6,11-18H2,1H3,(H3,23,24,25). The Kier molecular flexibility index (Phi) is 8.42. The number of aliphatic imine (C=N–C) groups is 1. The normalized spacial score (nSPS) is 21.3. The quantitative estimate of drug-likeness (QED) is 0.475. The van der Waals surface area contributed by atoms with E-state index in [1.807, 2.05) is 0 Å². The summed E-state index contributed by atoms with van der Waals surface area (Å²) in [6.45, 7) is 10.4. The lowest BCUT2D eigenvalue weighted by Crippen LogP contribution is -2.36. The van der Waals surface area contributed by atoms with Gasteiger partial charge in [-0.05, 0) is 76.0 Å². The highest BCUT2D eigenvalue weighted by Crippen LogP contribution is 2.16. The molecule has 3 rings (SSSR count). The Morgan fingerprint density at radius 1 is 1.18 bits per heavy atom. The average Bonchev–Trinajstić information content (AvgIpc) is 3.39. The van der Waals surface area contributed by atoms with Gasteiger partial charge in [-0.15, -0.1) is 0 Å². The Hall–Kier alpha value is -1.79. The van der Waals surface area contributed by atoms with Crippen LogP contribution in [-0.4, -0.2) is 74.2 Å². The molecular formula is C22H37N5O. The van der Waals surface area contributed by atoms with Crippen molar-refractivity contribution in [1.29, 1.82) is 0 Å².